The zero-order chi connectivity index (χ0) is 21.6. The van der Waals surface area contributed by atoms with Crippen LogP contribution in [0.15, 0.2) is 29.2 Å². The van der Waals surface area contributed by atoms with Gasteiger partial charge in [0, 0.05) is 6.92 Å². The van der Waals surface area contributed by atoms with E-state index >= 15 is 0 Å². The number of aliphatic hydroxyl groups is 1. The molecule has 3 unspecified atom stereocenters. The van der Waals surface area contributed by atoms with Gasteiger partial charge in [-0.1, -0.05) is 39.8 Å². The van der Waals surface area contributed by atoms with Crippen molar-refractivity contribution in [3.63, 3.8) is 0 Å². The summed E-state index contributed by atoms with van der Waals surface area (Å²) in [6, 6.07) is 6.32. The number of benzene rings is 1. The molecule has 27 heavy (non-hydrogen) atoms. The van der Waals surface area contributed by atoms with Crippen LogP contribution >= 0.6 is 0 Å². The molecule has 1 rings (SSSR count). The van der Waals surface area contributed by atoms with E-state index in [0.717, 1.165) is 24.8 Å². The normalized spacial score (nSPS) is 13.8. The van der Waals surface area contributed by atoms with Crippen molar-refractivity contribution in [2.75, 3.05) is 0 Å². The summed E-state index contributed by atoms with van der Waals surface area (Å²) in [7, 11) is -4.05. The lowest BCUT2D eigenvalue weighted by atomic mass is 9.99. The summed E-state index contributed by atoms with van der Waals surface area (Å²) in [5, 5.41) is 8.36. The Morgan fingerprint density at radius 2 is 1.44 bits per heavy atom. The molecule has 1 aromatic rings. The van der Waals surface area contributed by atoms with E-state index in [1.807, 2.05) is 20.8 Å². The molecule has 7 heteroatoms. The molecule has 1 aromatic carbocycles. The number of hydrogen-bond acceptors (Lipinski definition) is 5. The van der Waals surface area contributed by atoms with Gasteiger partial charge >= 0.3 is 5.97 Å². The molecular formula is C20H36O6S. The topological polar surface area (TPSA) is 101 Å². The zero-order valence-corrected chi connectivity index (χ0v) is 18.4. The Hall–Kier alpha value is -1.44. The smallest absolute Gasteiger partial charge is 0.302 e. The highest BCUT2D eigenvalue weighted by Crippen LogP contribution is 2.20. The van der Waals surface area contributed by atoms with Crippen LogP contribution in [0.5, 0.6) is 0 Å². The molecule has 6 nitrogen and oxygen atoms in total. The molecule has 2 N–H and O–H groups in total. The Morgan fingerprint density at radius 3 is 1.67 bits per heavy atom. The maximum absolute atomic E-state index is 10.7. The van der Waals surface area contributed by atoms with Crippen molar-refractivity contribution in [1.29, 1.82) is 0 Å². The number of carbonyl (C=O) groups excluding carboxylic acids is 1. The quantitative estimate of drug-likeness (QED) is 0.532. The number of aliphatic hydroxyl groups excluding tert-OH is 1. The van der Waals surface area contributed by atoms with Crippen molar-refractivity contribution in [2.24, 2.45) is 0 Å². The molecular weight excluding hydrogens is 368 g/mol. The maximum atomic E-state index is 10.7. The molecule has 0 radical (unpaired) electrons. The van der Waals surface area contributed by atoms with Crippen molar-refractivity contribution < 1.29 is 27.6 Å². The van der Waals surface area contributed by atoms with Gasteiger partial charge in [-0.3, -0.25) is 9.35 Å². The number of carbonyl (C=O) groups is 1. The third-order valence-corrected chi connectivity index (χ3v) is 4.76. The van der Waals surface area contributed by atoms with Crippen LogP contribution in [0, 0.1) is 0 Å². The summed E-state index contributed by atoms with van der Waals surface area (Å²) in [5.74, 6) is 0.213. The summed E-state index contributed by atoms with van der Waals surface area (Å²) >= 11 is 0. The summed E-state index contributed by atoms with van der Waals surface area (Å²) in [6.07, 6.45) is 2.72. The molecule has 0 heterocycles. The third-order valence-electron chi connectivity index (χ3n) is 3.89. The second kappa shape index (κ2) is 14.6. The van der Waals surface area contributed by atoms with Crippen molar-refractivity contribution in [1.82, 2.24) is 0 Å². The lowest BCUT2D eigenvalue weighted by molar-refractivity contribution is -0.145. The molecule has 3 atom stereocenters. The van der Waals surface area contributed by atoms with E-state index < -0.39 is 10.1 Å². The van der Waals surface area contributed by atoms with Gasteiger partial charge in [0.15, 0.2) is 0 Å². The Bertz CT molecular complexity index is 608. The number of ether oxygens (including phenoxy) is 1. The van der Waals surface area contributed by atoms with Gasteiger partial charge in [0.05, 0.1) is 17.1 Å². The van der Waals surface area contributed by atoms with Crippen molar-refractivity contribution >= 4 is 16.1 Å². The molecule has 0 aromatic heterocycles. The molecule has 0 bridgehead atoms. The SMILES string of the molecule is CCC(C)O.CCC(C)OC(C)=O.CCC(C)c1ccc(S(=O)(=O)O)cc1. The van der Waals surface area contributed by atoms with Gasteiger partial charge in [-0.25, -0.2) is 0 Å². The molecule has 0 saturated carbocycles. The predicted molar refractivity (Wildman–Crippen MR) is 108 cm³/mol. The number of hydrogen-bond donors (Lipinski definition) is 2. The van der Waals surface area contributed by atoms with Crippen LogP contribution in [0.3, 0.4) is 0 Å². The molecule has 0 spiro atoms. The van der Waals surface area contributed by atoms with E-state index in [1.54, 1.807) is 19.1 Å². The lowest BCUT2D eigenvalue weighted by Gasteiger charge is -2.08. The maximum Gasteiger partial charge on any atom is 0.302 e. The highest BCUT2D eigenvalue weighted by atomic mass is 32.2. The minimum absolute atomic E-state index is 0.0513. The third kappa shape index (κ3) is 15.3. The highest BCUT2D eigenvalue weighted by Gasteiger charge is 2.09. The Morgan fingerprint density at radius 1 is 1.00 bits per heavy atom. The predicted octanol–water partition coefficient (Wildman–Crippen LogP) is 4.57. The molecule has 158 valence electrons. The van der Waals surface area contributed by atoms with E-state index in [1.165, 1.54) is 19.1 Å². The monoisotopic (exact) mass is 404 g/mol. The van der Waals surface area contributed by atoms with E-state index in [0.29, 0.717) is 5.92 Å². The standard InChI is InChI=1S/C10H14O3S.C6H12O2.C4H10O/c1-3-8(2)9-4-6-10(7-5-9)14(11,12)13;1-4-5(2)8-6(3)7;1-3-4(2)5/h4-8H,3H2,1-2H3,(H,11,12,13);5H,4H2,1-3H3;4-5H,3H2,1-2H3. The minimum atomic E-state index is -4.05. The molecule has 0 saturated heterocycles. The van der Waals surface area contributed by atoms with Gasteiger partial charge in [0.2, 0.25) is 0 Å². The van der Waals surface area contributed by atoms with E-state index in [2.05, 4.69) is 13.8 Å². The van der Waals surface area contributed by atoms with Crippen molar-refractivity contribution in [2.45, 2.75) is 90.7 Å². The Balaban J connectivity index is 0. The highest BCUT2D eigenvalue weighted by molar-refractivity contribution is 7.85. The number of rotatable bonds is 6. The fourth-order valence-electron chi connectivity index (χ4n) is 1.57. The average molecular weight is 405 g/mol. The van der Waals surface area contributed by atoms with Crippen LogP contribution in [-0.2, 0) is 19.6 Å². The molecule has 0 aliphatic rings. The summed E-state index contributed by atoms with van der Waals surface area (Å²) in [4.78, 5) is 10.1. The largest absolute Gasteiger partial charge is 0.463 e. The lowest BCUT2D eigenvalue weighted by Crippen LogP contribution is -2.09. The van der Waals surface area contributed by atoms with E-state index in [9.17, 15) is 13.2 Å². The van der Waals surface area contributed by atoms with Gasteiger partial charge in [-0.2, -0.15) is 8.42 Å². The molecule has 0 aliphatic carbocycles. The summed E-state index contributed by atoms with van der Waals surface area (Å²) < 4.78 is 35.0. The first kappa shape index (κ1) is 27.8. The fraction of sp³-hybridized carbons (Fsp3) is 0.650. The van der Waals surface area contributed by atoms with Gasteiger partial charge in [0.25, 0.3) is 10.1 Å². The van der Waals surface area contributed by atoms with Gasteiger partial charge in [-0.05, 0) is 56.7 Å². The second-order valence-electron chi connectivity index (χ2n) is 6.44. The molecule has 0 amide bonds. The summed E-state index contributed by atoms with van der Waals surface area (Å²) in [6.45, 7) is 13.1. The number of esters is 1. The molecule has 0 aliphatic heterocycles. The Labute approximate surface area is 164 Å². The van der Waals surface area contributed by atoms with Crippen LogP contribution in [0.1, 0.15) is 79.2 Å². The average Bonchev–Trinajstić information content (AvgIpc) is 2.60. The van der Waals surface area contributed by atoms with Gasteiger partial charge in [0.1, 0.15) is 0 Å². The van der Waals surface area contributed by atoms with Crippen LogP contribution in [-0.4, -0.2) is 36.3 Å². The Kier molecular flexibility index (Phi) is 15.0. The van der Waals surface area contributed by atoms with Gasteiger partial charge in [-0.15, -0.1) is 0 Å². The van der Waals surface area contributed by atoms with Crippen molar-refractivity contribution in [3.8, 4) is 0 Å². The first-order chi connectivity index (χ1) is 12.4. The van der Waals surface area contributed by atoms with Crippen LogP contribution in [0.4, 0.5) is 0 Å². The summed E-state index contributed by atoms with van der Waals surface area (Å²) in [5.41, 5.74) is 1.08. The zero-order valence-electron chi connectivity index (χ0n) is 17.6. The fourth-order valence-corrected chi connectivity index (χ4v) is 2.05. The van der Waals surface area contributed by atoms with Crippen molar-refractivity contribution in [3.05, 3.63) is 29.8 Å². The van der Waals surface area contributed by atoms with E-state index in [4.69, 9.17) is 14.4 Å². The first-order valence-electron chi connectivity index (χ1n) is 9.31. The molecule has 0 fully saturated rings. The first-order valence-corrected chi connectivity index (χ1v) is 10.8. The van der Waals surface area contributed by atoms with E-state index in [-0.39, 0.29) is 23.1 Å². The van der Waals surface area contributed by atoms with Crippen LogP contribution in [0.25, 0.3) is 0 Å². The van der Waals surface area contributed by atoms with Crippen LogP contribution < -0.4 is 0 Å². The minimum Gasteiger partial charge on any atom is -0.463 e. The second-order valence-corrected chi connectivity index (χ2v) is 7.86. The van der Waals surface area contributed by atoms with Crippen LogP contribution in [0.2, 0.25) is 0 Å². The van der Waals surface area contributed by atoms with Gasteiger partial charge < -0.3 is 9.84 Å².